The topological polar surface area (TPSA) is 84.9 Å². The van der Waals surface area contributed by atoms with E-state index in [4.69, 9.17) is 21.1 Å². The lowest BCUT2D eigenvalue weighted by Crippen LogP contribution is -2.48. The van der Waals surface area contributed by atoms with E-state index in [0.717, 1.165) is 11.1 Å². The molecule has 1 amide bonds. The summed E-state index contributed by atoms with van der Waals surface area (Å²) in [7, 11) is -2.43. The molecule has 3 aromatic rings. The van der Waals surface area contributed by atoms with E-state index in [9.17, 15) is 13.2 Å². The molecule has 0 aromatic heterocycles. The Morgan fingerprint density at radius 1 is 1.06 bits per heavy atom. The van der Waals surface area contributed by atoms with Gasteiger partial charge in [-0.1, -0.05) is 35.4 Å². The minimum absolute atomic E-state index is 0.142. The number of amides is 1. The molecular weight excluding hydrogens is 464 g/mol. The molecule has 1 atom stereocenters. The summed E-state index contributed by atoms with van der Waals surface area (Å²) < 4.78 is 39.3. The van der Waals surface area contributed by atoms with Crippen molar-refractivity contribution in [3.63, 3.8) is 0 Å². The maximum atomic E-state index is 13.5. The molecular formula is C24H23ClN2O5S. The van der Waals surface area contributed by atoms with Gasteiger partial charge in [-0.15, -0.1) is 0 Å². The van der Waals surface area contributed by atoms with Gasteiger partial charge in [-0.05, 0) is 61.9 Å². The molecule has 1 aliphatic heterocycles. The van der Waals surface area contributed by atoms with E-state index in [-0.39, 0.29) is 11.4 Å². The van der Waals surface area contributed by atoms with Crippen molar-refractivity contribution in [1.29, 1.82) is 0 Å². The number of rotatable bonds is 5. The summed E-state index contributed by atoms with van der Waals surface area (Å²) in [5, 5.41) is 3.08. The van der Waals surface area contributed by atoms with Crippen molar-refractivity contribution in [2.45, 2.75) is 24.8 Å². The number of carbonyl (C=O) groups excluding carboxylic acids is 1. The smallest absolute Gasteiger partial charge is 0.267 e. The number of hydrogen-bond donors (Lipinski definition) is 1. The minimum Gasteiger partial charge on any atom is -0.495 e. The number of nitrogens with one attached hydrogen (secondary N) is 1. The summed E-state index contributed by atoms with van der Waals surface area (Å²) in [6, 6.07) is 16.6. The van der Waals surface area contributed by atoms with E-state index in [2.05, 4.69) is 5.32 Å². The van der Waals surface area contributed by atoms with E-state index < -0.39 is 22.0 Å². The molecule has 1 N–H and O–H groups in total. The Kier molecular flexibility index (Phi) is 6.23. The predicted molar refractivity (Wildman–Crippen MR) is 128 cm³/mol. The van der Waals surface area contributed by atoms with Crippen LogP contribution < -0.4 is 19.1 Å². The van der Waals surface area contributed by atoms with Crippen LogP contribution in [0.4, 0.5) is 11.4 Å². The van der Waals surface area contributed by atoms with Gasteiger partial charge in [0.1, 0.15) is 11.5 Å². The van der Waals surface area contributed by atoms with Gasteiger partial charge in [0.05, 0.1) is 29.3 Å². The van der Waals surface area contributed by atoms with Crippen LogP contribution in [-0.2, 0) is 14.8 Å². The van der Waals surface area contributed by atoms with Gasteiger partial charge in [0.25, 0.3) is 15.9 Å². The van der Waals surface area contributed by atoms with E-state index in [1.165, 1.54) is 11.4 Å². The summed E-state index contributed by atoms with van der Waals surface area (Å²) in [5.74, 6) is 0.297. The molecule has 0 bridgehead atoms. The maximum absolute atomic E-state index is 13.5. The Hall–Kier alpha value is -3.23. The highest BCUT2D eigenvalue weighted by atomic mass is 35.5. The zero-order valence-electron chi connectivity index (χ0n) is 18.3. The molecule has 0 fully saturated rings. The first-order chi connectivity index (χ1) is 15.7. The highest BCUT2D eigenvalue weighted by molar-refractivity contribution is 7.92. The fraction of sp³-hybridized carbons (Fsp3) is 0.208. The third kappa shape index (κ3) is 4.62. The lowest BCUT2D eigenvalue weighted by Gasteiger charge is -2.35. The fourth-order valence-electron chi connectivity index (χ4n) is 3.53. The molecule has 0 unspecified atom stereocenters. The Bertz CT molecular complexity index is 1310. The second-order valence-electron chi connectivity index (χ2n) is 7.77. The van der Waals surface area contributed by atoms with Crippen LogP contribution in [0, 0.1) is 13.8 Å². The van der Waals surface area contributed by atoms with Crippen molar-refractivity contribution in [2.75, 3.05) is 23.3 Å². The zero-order valence-corrected chi connectivity index (χ0v) is 19.9. The first-order valence-corrected chi connectivity index (χ1v) is 12.0. The van der Waals surface area contributed by atoms with E-state index in [1.54, 1.807) is 60.7 Å². The summed E-state index contributed by atoms with van der Waals surface area (Å²) in [6.45, 7) is 3.57. The number of aryl methyl sites for hydroxylation is 2. The molecule has 0 saturated carbocycles. The van der Waals surface area contributed by atoms with E-state index in [1.807, 2.05) is 13.8 Å². The Morgan fingerprint density at radius 3 is 2.42 bits per heavy atom. The standard InChI is InChI=1S/C24H23ClN2O5S/c1-15-4-8-18(9-5-15)33(29,30)27-14-23(32-22-10-6-16(2)12-20(22)27)24(28)26-17-7-11-21(31-3)19(25)13-17/h4-13,23H,14H2,1-3H3,(H,26,28)/t23-/m1/s1. The van der Waals surface area contributed by atoms with Crippen LogP contribution in [0.2, 0.25) is 5.02 Å². The number of nitrogens with zero attached hydrogens (tertiary/aromatic N) is 1. The van der Waals surface area contributed by atoms with Crippen LogP contribution in [-0.4, -0.2) is 34.1 Å². The number of ether oxygens (including phenoxy) is 2. The number of fused-ring (bicyclic) bond motifs is 1. The van der Waals surface area contributed by atoms with Crippen LogP contribution >= 0.6 is 11.6 Å². The molecule has 4 rings (SSSR count). The molecule has 7 nitrogen and oxygen atoms in total. The number of methoxy groups -OCH3 is 1. The maximum Gasteiger partial charge on any atom is 0.267 e. The van der Waals surface area contributed by atoms with E-state index >= 15 is 0 Å². The van der Waals surface area contributed by atoms with E-state index in [0.29, 0.717) is 27.9 Å². The highest BCUT2D eigenvalue weighted by Gasteiger charge is 2.37. The first-order valence-electron chi connectivity index (χ1n) is 10.2. The van der Waals surface area contributed by atoms with Gasteiger partial charge >= 0.3 is 0 Å². The Labute approximate surface area is 197 Å². The van der Waals surface area contributed by atoms with Crippen LogP contribution in [0.15, 0.2) is 65.6 Å². The Morgan fingerprint density at radius 2 is 1.76 bits per heavy atom. The average molecular weight is 487 g/mol. The molecule has 0 saturated heterocycles. The SMILES string of the molecule is COc1ccc(NC(=O)[C@H]2CN(S(=O)(=O)c3ccc(C)cc3)c3cc(C)ccc3O2)cc1Cl. The van der Waals surface area contributed by atoms with Gasteiger partial charge in [0.15, 0.2) is 6.10 Å². The number of halogens is 1. The first kappa shape index (κ1) is 22.9. The van der Waals surface area contributed by atoms with Crippen molar-refractivity contribution in [3.05, 3.63) is 76.8 Å². The lowest BCUT2D eigenvalue weighted by atomic mass is 10.1. The number of hydrogen-bond acceptors (Lipinski definition) is 5. The molecule has 1 aliphatic rings. The van der Waals surface area contributed by atoms with Gasteiger partial charge in [-0.3, -0.25) is 9.10 Å². The van der Waals surface area contributed by atoms with Crippen molar-refractivity contribution >= 4 is 38.9 Å². The number of carbonyl (C=O) groups is 1. The molecule has 3 aromatic carbocycles. The predicted octanol–water partition coefficient (Wildman–Crippen LogP) is 4.56. The summed E-state index contributed by atoms with van der Waals surface area (Å²) in [4.78, 5) is 13.2. The van der Waals surface area contributed by atoms with Gasteiger partial charge in [-0.2, -0.15) is 0 Å². The minimum atomic E-state index is -3.93. The van der Waals surface area contributed by atoms with Crippen LogP contribution in [0.5, 0.6) is 11.5 Å². The molecule has 1 heterocycles. The number of benzene rings is 3. The van der Waals surface area contributed by atoms with Crippen molar-refractivity contribution in [1.82, 2.24) is 0 Å². The lowest BCUT2D eigenvalue weighted by molar-refractivity contribution is -0.122. The normalized spacial score (nSPS) is 15.4. The van der Waals surface area contributed by atoms with Gasteiger partial charge in [0.2, 0.25) is 0 Å². The zero-order chi connectivity index (χ0) is 23.8. The molecule has 33 heavy (non-hydrogen) atoms. The molecule has 0 radical (unpaired) electrons. The molecule has 0 spiro atoms. The third-order valence-corrected chi connectivity index (χ3v) is 7.39. The molecule has 0 aliphatic carbocycles. The average Bonchev–Trinajstić information content (AvgIpc) is 2.78. The van der Waals surface area contributed by atoms with Gasteiger partial charge in [0, 0.05) is 5.69 Å². The van der Waals surface area contributed by atoms with Crippen molar-refractivity contribution in [2.24, 2.45) is 0 Å². The van der Waals surface area contributed by atoms with Gasteiger partial charge in [-0.25, -0.2) is 8.42 Å². The second kappa shape index (κ2) is 8.96. The second-order valence-corrected chi connectivity index (χ2v) is 10.0. The number of anilines is 2. The van der Waals surface area contributed by atoms with Crippen LogP contribution in [0.3, 0.4) is 0 Å². The van der Waals surface area contributed by atoms with Crippen LogP contribution in [0.1, 0.15) is 11.1 Å². The monoisotopic (exact) mass is 486 g/mol. The fourth-order valence-corrected chi connectivity index (χ4v) is 5.26. The highest BCUT2D eigenvalue weighted by Crippen LogP contribution is 2.38. The largest absolute Gasteiger partial charge is 0.495 e. The van der Waals surface area contributed by atoms with Gasteiger partial charge < -0.3 is 14.8 Å². The Balaban J connectivity index is 1.67. The quantitative estimate of drug-likeness (QED) is 0.571. The molecule has 9 heteroatoms. The summed E-state index contributed by atoms with van der Waals surface area (Å²) >= 11 is 6.15. The van der Waals surface area contributed by atoms with Crippen molar-refractivity contribution in [3.8, 4) is 11.5 Å². The summed E-state index contributed by atoms with van der Waals surface area (Å²) in [5.41, 5.74) is 2.66. The van der Waals surface area contributed by atoms with Crippen LogP contribution in [0.25, 0.3) is 0 Å². The van der Waals surface area contributed by atoms with Crippen molar-refractivity contribution < 1.29 is 22.7 Å². The number of sulfonamides is 1. The third-order valence-electron chi connectivity index (χ3n) is 5.30. The molecule has 172 valence electrons. The summed E-state index contributed by atoms with van der Waals surface area (Å²) in [6.07, 6.45) is -1.07.